The molecule has 2 N–H and O–H groups in total. The Morgan fingerprint density at radius 1 is 0.973 bits per heavy atom. The van der Waals surface area contributed by atoms with E-state index in [-0.39, 0.29) is 28.7 Å². The molecule has 0 fully saturated rings. The van der Waals surface area contributed by atoms with Gasteiger partial charge in [0.1, 0.15) is 17.4 Å². The van der Waals surface area contributed by atoms with Crippen LogP contribution in [0, 0.1) is 11.3 Å². The van der Waals surface area contributed by atoms with E-state index in [1.807, 2.05) is 6.07 Å². The molecule has 10 heteroatoms. The predicted molar refractivity (Wildman–Crippen MR) is 143 cm³/mol. The summed E-state index contributed by atoms with van der Waals surface area (Å²) in [6.45, 7) is 1.74. The molecular weight excluding hydrogens is 517 g/mol. The van der Waals surface area contributed by atoms with Crippen molar-refractivity contribution in [3.8, 4) is 23.3 Å². The van der Waals surface area contributed by atoms with E-state index in [0.717, 1.165) is 0 Å². The van der Waals surface area contributed by atoms with Crippen LogP contribution in [0.15, 0.2) is 66.2 Å². The average molecular weight is 540 g/mol. The maximum Gasteiger partial charge on any atom is 0.266 e. The topological polar surface area (TPSA) is 110 Å². The first kappa shape index (κ1) is 27.4. The smallest absolute Gasteiger partial charge is 0.266 e. The molecule has 0 saturated heterocycles. The van der Waals surface area contributed by atoms with E-state index in [2.05, 4.69) is 10.6 Å². The lowest BCUT2D eigenvalue weighted by atomic mass is 10.1. The number of amides is 2. The molecule has 3 rings (SSSR count). The number of anilines is 2. The summed E-state index contributed by atoms with van der Waals surface area (Å²) in [6, 6.07) is 18.3. The van der Waals surface area contributed by atoms with E-state index in [1.165, 1.54) is 12.1 Å². The molecule has 0 radical (unpaired) electrons. The molecule has 0 aliphatic carbocycles. The minimum Gasteiger partial charge on any atom is -0.497 e. The van der Waals surface area contributed by atoms with E-state index in [1.54, 1.807) is 68.6 Å². The largest absolute Gasteiger partial charge is 0.497 e. The molecule has 0 aliphatic heterocycles. The van der Waals surface area contributed by atoms with E-state index in [4.69, 9.17) is 37.4 Å². The van der Waals surface area contributed by atoms with Gasteiger partial charge in [0, 0.05) is 16.4 Å². The monoisotopic (exact) mass is 539 g/mol. The highest BCUT2D eigenvalue weighted by atomic mass is 35.5. The van der Waals surface area contributed by atoms with Crippen molar-refractivity contribution in [1.29, 1.82) is 5.26 Å². The summed E-state index contributed by atoms with van der Waals surface area (Å²) in [7, 11) is 1.56. The van der Waals surface area contributed by atoms with Gasteiger partial charge in [-0.3, -0.25) is 9.59 Å². The quantitative estimate of drug-likeness (QED) is 0.243. The zero-order chi connectivity index (χ0) is 26.8. The van der Waals surface area contributed by atoms with Crippen molar-refractivity contribution < 1.29 is 23.8 Å². The van der Waals surface area contributed by atoms with Gasteiger partial charge in [-0.2, -0.15) is 5.26 Å². The first-order valence-corrected chi connectivity index (χ1v) is 11.8. The zero-order valence-electron chi connectivity index (χ0n) is 20.0. The average Bonchev–Trinajstić information content (AvgIpc) is 2.88. The van der Waals surface area contributed by atoms with Crippen LogP contribution in [0.5, 0.6) is 17.2 Å². The number of ether oxygens (including phenoxy) is 3. The first-order chi connectivity index (χ1) is 17.8. The van der Waals surface area contributed by atoms with Crippen LogP contribution in [0.2, 0.25) is 10.0 Å². The molecule has 0 unspecified atom stereocenters. The molecule has 37 heavy (non-hydrogen) atoms. The number of carbonyl (C=O) groups excluding carboxylic acids is 2. The van der Waals surface area contributed by atoms with Crippen molar-refractivity contribution in [3.63, 3.8) is 0 Å². The van der Waals surface area contributed by atoms with Crippen molar-refractivity contribution in [2.75, 3.05) is 31.0 Å². The summed E-state index contributed by atoms with van der Waals surface area (Å²) in [5, 5.41) is 15.5. The first-order valence-electron chi connectivity index (χ1n) is 11.0. The number of nitriles is 1. The number of hydrogen-bond donors (Lipinski definition) is 2. The summed E-state index contributed by atoms with van der Waals surface area (Å²) in [5.41, 5.74) is 1.35. The molecule has 3 aromatic carbocycles. The minimum absolute atomic E-state index is 0.143. The fourth-order valence-electron chi connectivity index (χ4n) is 3.13. The van der Waals surface area contributed by atoms with Crippen LogP contribution in [-0.4, -0.2) is 32.1 Å². The Balaban J connectivity index is 1.74. The third-order valence-electron chi connectivity index (χ3n) is 4.83. The van der Waals surface area contributed by atoms with Crippen molar-refractivity contribution in [2.24, 2.45) is 0 Å². The minimum atomic E-state index is -0.602. The second-order valence-corrected chi connectivity index (χ2v) is 8.30. The van der Waals surface area contributed by atoms with E-state index < -0.39 is 11.8 Å². The fraction of sp³-hybridized carbons (Fsp3) is 0.148. The molecule has 190 valence electrons. The number of hydrogen-bond acceptors (Lipinski definition) is 6. The fourth-order valence-corrected chi connectivity index (χ4v) is 3.53. The number of nitrogens with one attached hydrogen (secondary N) is 2. The molecule has 0 aromatic heterocycles. The van der Waals surface area contributed by atoms with Gasteiger partial charge in [-0.1, -0.05) is 23.2 Å². The van der Waals surface area contributed by atoms with Gasteiger partial charge >= 0.3 is 0 Å². The Bertz CT molecular complexity index is 1330. The molecule has 0 bridgehead atoms. The lowest BCUT2D eigenvalue weighted by molar-refractivity contribution is -0.118. The SMILES string of the molecule is CCOc1cc(/C=C(/C#N)C(=O)Nc2ccc(Cl)cc2)cc(Cl)c1OCC(=O)Nc1ccc(OC)cc1. The van der Waals surface area contributed by atoms with Crippen LogP contribution in [0.3, 0.4) is 0 Å². The summed E-state index contributed by atoms with van der Waals surface area (Å²) >= 11 is 12.3. The molecule has 0 atom stereocenters. The molecule has 2 amide bonds. The van der Waals surface area contributed by atoms with Gasteiger partial charge < -0.3 is 24.8 Å². The Morgan fingerprint density at radius 2 is 1.62 bits per heavy atom. The Morgan fingerprint density at radius 3 is 2.24 bits per heavy atom. The standard InChI is InChI=1S/C27H23Cl2N3O5/c1-3-36-24-14-17(12-18(15-30)27(34)32-21-6-4-19(28)5-7-21)13-23(29)26(24)37-16-25(33)31-20-8-10-22(35-2)11-9-20/h4-14H,3,16H2,1-2H3,(H,31,33)(H,32,34)/b18-12-. The number of carbonyl (C=O) groups is 2. The van der Waals surface area contributed by atoms with Gasteiger partial charge in [0.2, 0.25) is 0 Å². The maximum atomic E-state index is 12.6. The molecular formula is C27H23Cl2N3O5. The normalized spacial score (nSPS) is 10.7. The number of halogens is 2. The highest BCUT2D eigenvalue weighted by molar-refractivity contribution is 6.32. The van der Waals surface area contributed by atoms with Crippen LogP contribution in [0.1, 0.15) is 12.5 Å². The summed E-state index contributed by atoms with van der Waals surface area (Å²) in [6.07, 6.45) is 1.37. The van der Waals surface area contributed by atoms with Crippen LogP contribution in [-0.2, 0) is 9.59 Å². The van der Waals surface area contributed by atoms with Gasteiger partial charge in [-0.05, 0) is 79.2 Å². The molecule has 0 aliphatic rings. The van der Waals surface area contributed by atoms with Gasteiger partial charge in [-0.15, -0.1) is 0 Å². The Kier molecular flexibility index (Phi) is 9.78. The number of rotatable bonds is 10. The highest BCUT2D eigenvalue weighted by Gasteiger charge is 2.16. The second kappa shape index (κ2) is 13.2. The summed E-state index contributed by atoms with van der Waals surface area (Å²) < 4.78 is 16.4. The van der Waals surface area contributed by atoms with E-state index in [9.17, 15) is 14.9 Å². The van der Waals surface area contributed by atoms with Crippen molar-refractivity contribution >= 4 is 52.5 Å². The lowest BCUT2D eigenvalue weighted by Gasteiger charge is -2.15. The number of benzene rings is 3. The third-order valence-corrected chi connectivity index (χ3v) is 5.36. The van der Waals surface area contributed by atoms with E-state index in [0.29, 0.717) is 34.3 Å². The highest BCUT2D eigenvalue weighted by Crippen LogP contribution is 2.37. The summed E-state index contributed by atoms with van der Waals surface area (Å²) in [4.78, 5) is 25.0. The molecule has 3 aromatic rings. The maximum absolute atomic E-state index is 12.6. The van der Waals surface area contributed by atoms with Crippen molar-refractivity contribution in [3.05, 3.63) is 81.8 Å². The zero-order valence-corrected chi connectivity index (χ0v) is 21.5. The van der Waals surface area contributed by atoms with Gasteiger partial charge in [-0.25, -0.2) is 0 Å². The number of nitrogens with zero attached hydrogens (tertiary/aromatic N) is 1. The summed E-state index contributed by atoms with van der Waals surface area (Å²) in [5.74, 6) is 0.0786. The van der Waals surface area contributed by atoms with Crippen molar-refractivity contribution in [2.45, 2.75) is 6.92 Å². The molecule has 8 nitrogen and oxygen atoms in total. The van der Waals surface area contributed by atoms with Gasteiger partial charge in [0.05, 0.1) is 18.7 Å². The predicted octanol–water partition coefficient (Wildman–Crippen LogP) is 5.96. The molecule has 0 saturated carbocycles. The number of methoxy groups -OCH3 is 1. The second-order valence-electron chi connectivity index (χ2n) is 7.46. The Hall–Kier alpha value is -4.19. The van der Waals surface area contributed by atoms with Crippen LogP contribution in [0.25, 0.3) is 6.08 Å². The van der Waals surface area contributed by atoms with Crippen LogP contribution in [0.4, 0.5) is 11.4 Å². The van der Waals surface area contributed by atoms with Crippen LogP contribution >= 0.6 is 23.2 Å². The van der Waals surface area contributed by atoms with Crippen LogP contribution < -0.4 is 24.8 Å². The molecule has 0 heterocycles. The molecule has 0 spiro atoms. The van der Waals surface area contributed by atoms with Gasteiger partial charge in [0.15, 0.2) is 18.1 Å². The van der Waals surface area contributed by atoms with E-state index >= 15 is 0 Å². The third kappa shape index (κ3) is 7.90. The Labute approximate surface area is 224 Å². The van der Waals surface area contributed by atoms with Crippen molar-refractivity contribution in [1.82, 2.24) is 0 Å². The van der Waals surface area contributed by atoms with Gasteiger partial charge in [0.25, 0.3) is 11.8 Å². The lowest BCUT2D eigenvalue weighted by Crippen LogP contribution is -2.20.